The molecule has 122 valence electrons. The number of methoxy groups -OCH3 is 1. The maximum absolute atomic E-state index is 13.5. The van der Waals surface area contributed by atoms with Crippen LogP contribution >= 0.6 is 0 Å². The lowest BCUT2D eigenvalue weighted by atomic mass is 10.0. The molecule has 4 nitrogen and oxygen atoms in total. The second-order valence-electron chi connectivity index (χ2n) is 5.93. The van der Waals surface area contributed by atoms with Gasteiger partial charge in [-0.25, -0.2) is 14.4 Å². The number of rotatable bonds is 6. The summed E-state index contributed by atoms with van der Waals surface area (Å²) in [6.45, 7) is 2.45. The van der Waals surface area contributed by atoms with Crippen LogP contribution in [0.15, 0.2) is 36.7 Å². The fourth-order valence-corrected chi connectivity index (χ4v) is 3.13. The number of likely N-dealkylation sites (tertiary alicyclic amines) is 1. The van der Waals surface area contributed by atoms with Gasteiger partial charge >= 0.3 is 0 Å². The van der Waals surface area contributed by atoms with Crippen LogP contribution in [0, 0.1) is 5.82 Å². The first-order valence-corrected chi connectivity index (χ1v) is 8.04. The van der Waals surface area contributed by atoms with Crippen LogP contribution in [0.1, 0.15) is 35.8 Å². The van der Waals surface area contributed by atoms with Crippen molar-refractivity contribution >= 4 is 0 Å². The summed E-state index contributed by atoms with van der Waals surface area (Å²) >= 11 is 0. The molecule has 0 radical (unpaired) electrons. The summed E-state index contributed by atoms with van der Waals surface area (Å²) in [5.41, 5.74) is 2.15. The van der Waals surface area contributed by atoms with E-state index in [0.29, 0.717) is 6.61 Å². The normalized spacial score (nSPS) is 18.4. The molecule has 1 saturated heterocycles. The molecule has 0 N–H and O–H groups in total. The number of aromatic nitrogens is 2. The van der Waals surface area contributed by atoms with Gasteiger partial charge in [0, 0.05) is 44.1 Å². The van der Waals surface area contributed by atoms with E-state index in [-0.39, 0.29) is 11.9 Å². The van der Waals surface area contributed by atoms with Crippen LogP contribution in [-0.2, 0) is 17.7 Å². The molecule has 0 unspecified atom stereocenters. The minimum absolute atomic E-state index is 0.167. The zero-order valence-corrected chi connectivity index (χ0v) is 13.4. The highest BCUT2D eigenvalue weighted by molar-refractivity contribution is 5.21. The van der Waals surface area contributed by atoms with E-state index in [9.17, 15) is 4.39 Å². The van der Waals surface area contributed by atoms with Crippen molar-refractivity contribution in [3.63, 3.8) is 0 Å². The molecule has 0 bridgehead atoms. The summed E-state index contributed by atoms with van der Waals surface area (Å²) in [5.74, 6) is 0.638. The van der Waals surface area contributed by atoms with Gasteiger partial charge in [-0.15, -0.1) is 0 Å². The maximum Gasteiger partial charge on any atom is 0.130 e. The molecule has 0 spiro atoms. The Labute approximate surface area is 136 Å². The largest absolute Gasteiger partial charge is 0.384 e. The first kappa shape index (κ1) is 16.0. The van der Waals surface area contributed by atoms with Gasteiger partial charge in [-0.05, 0) is 37.1 Å². The summed E-state index contributed by atoms with van der Waals surface area (Å²) in [4.78, 5) is 11.2. The molecule has 0 saturated carbocycles. The van der Waals surface area contributed by atoms with Gasteiger partial charge in [-0.1, -0.05) is 12.1 Å². The number of hydrogen-bond acceptors (Lipinski definition) is 4. The van der Waals surface area contributed by atoms with Gasteiger partial charge in [0.15, 0.2) is 0 Å². The van der Waals surface area contributed by atoms with Gasteiger partial charge in [0.05, 0.1) is 6.61 Å². The van der Waals surface area contributed by atoms with Crippen LogP contribution in [0.4, 0.5) is 4.39 Å². The zero-order valence-electron chi connectivity index (χ0n) is 13.4. The zero-order chi connectivity index (χ0) is 16.1. The molecule has 1 fully saturated rings. The third-order valence-electron chi connectivity index (χ3n) is 4.27. The molecular formula is C18H22FN3O. The van der Waals surface area contributed by atoms with Crippen LogP contribution < -0.4 is 0 Å². The van der Waals surface area contributed by atoms with Gasteiger partial charge in [0.25, 0.3) is 0 Å². The predicted octanol–water partition coefficient (Wildman–Crippen LogP) is 3.14. The molecule has 2 heterocycles. The lowest BCUT2D eigenvalue weighted by Gasteiger charge is -2.24. The smallest absolute Gasteiger partial charge is 0.130 e. The Bertz CT molecular complexity index is 632. The van der Waals surface area contributed by atoms with Crippen LogP contribution in [0.2, 0.25) is 0 Å². The third kappa shape index (κ3) is 4.12. The molecule has 2 aromatic rings. The lowest BCUT2D eigenvalue weighted by molar-refractivity contribution is 0.200. The van der Waals surface area contributed by atoms with Crippen LogP contribution in [-0.4, -0.2) is 35.1 Å². The fourth-order valence-electron chi connectivity index (χ4n) is 3.13. The Morgan fingerprint density at radius 2 is 2.13 bits per heavy atom. The number of halogens is 1. The summed E-state index contributed by atoms with van der Waals surface area (Å²) in [6.07, 6.45) is 6.70. The molecule has 1 atom stereocenters. The third-order valence-corrected chi connectivity index (χ3v) is 4.27. The Morgan fingerprint density at radius 1 is 1.30 bits per heavy atom. The first-order valence-electron chi connectivity index (χ1n) is 8.04. The molecule has 3 rings (SSSR count). The predicted molar refractivity (Wildman–Crippen MR) is 86.4 cm³/mol. The molecule has 1 aromatic carbocycles. The first-order chi connectivity index (χ1) is 11.3. The molecule has 1 aliphatic heterocycles. The summed E-state index contributed by atoms with van der Waals surface area (Å²) in [6, 6.07) is 7.22. The van der Waals surface area contributed by atoms with E-state index in [4.69, 9.17) is 4.74 Å². The quantitative estimate of drug-likeness (QED) is 0.821. The Balaban J connectivity index is 1.66. The fraction of sp³-hybridized carbons (Fsp3) is 0.444. The van der Waals surface area contributed by atoms with Gasteiger partial charge < -0.3 is 4.74 Å². The number of benzene rings is 1. The second-order valence-corrected chi connectivity index (χ2v) is 5.93. The van der Waals surface area contributed by atoms with E-state index in [1.807, 2.05) is 18.5 Å². The maximum atomic E-state index is 13.5. The number of hydrogen-bond donors (Lipinski definition) is 0. The average Bonchev–Trinajstić information content (AvgIpc) is 3.02. The van der Waals surface area contributed by atoms with E-state index in [0.717, 1.165) is 49.3 Å². The van der Waals surface area contributed by atoms with E-state index >= 15 is 0 Å². The van der Waals surface area contributed by atoms with Crippen molar-refractivity contribution < 1.29 is 9.13 Å². The van der Waals surface area contributed by atoms with Crippen molar-refractivity contribution in [2.45, 2.75) is 31.8 Å². The highest BCUT2D eigenvalue weighted by Gasteiger charge is 2.26. The molecule has 0 aliphatic carbocycles. The van der Waals surface area contributed by atoms with Crippen molar-refractivity contribution in [3.8, 4) is 0 Å². The van der Waals surface area contributed by atoms with Crippen molar-refractivity contribution in [2.24, 2.45) is 0 Å². The van der Waals surface area contributed by atoms with E-state index in [2.05, 4.69) is 14.9 Å². The van der Waals surface area contributed by atoms with Crippen molar-refractivity contribution in [3.05, 3.63) is 59.4 Å². The van der Waals surface area contributed by atoms with Crippen molar-refractivity contribution in [1.29, 1.82) is 0 Å². The van der Waals surface area contributed by atoms with Gasteiger partial charge in [0.2, 0.25) is 0 Å². The Morgan fingerprint density at radius 3 is 2.87 bits per heavy atom. The van der Waals surface area contributed by atoms with Gasteiger partial charge in [0.1, 0.15) is 11.6 Å². The minimum atomic E-state index is -0.167. The Kier molecular flexibility index (Phi) is 5.31. The van der Waals surface area contributed by atoms with E-state index in [1.165, 1.54) is 6.07 Å². The molecular weight excluding hydrogens is 293 g/mol. The van der Waals surface area contributed by atoms with Crippen molar-refractivity contribution in [2.75, 3.05) is 20.3 Å². The van der Waals surface area contributed by atoms with E-state index in [1.54, 1.807) is 19.2 Å². The second kappa shape index (κ2) is 7.62. The molecule has 1 aromatic heterocycles. The minimum Gasteiger partial charge on any atom is -0.384 e. The van der Waals surface area contributed by atoms with Crippen molar-refractivity contribution in [1.82, 2.24) is 14.9 Å². The monoisotopic (exact) mass is 315 g/mol. The van der Waals surface area contributed by atoms with Crippen LogP contribution in [0.25, 0.3) is 0 Å². The molecule has 5 heteroatoms. The standard InChI is InChI=1S/C18H22FN3O/c1-23-9-7-18-20-11-14(12-21-18)13-22-8-3-6-17(22)15-4-2-5-16(19)10-15/h2,4-5,10-12,17H,3,6-9,13H2,1H3/t17-/m1/s1. The van der Waals surface area contributed by atoms with Crippen LogP contribution in [0.5, 0.6) is 0 Å². The molecule has 1 aliphatic rings. The lowest BCUT2D eigenvalue weighted by Crippen LogP contribution is -2.23. The highest BCUT2D eigenvalue weighted by atomic mass is 19.1. The summed E-state index contributed by atoms with van der Waals surface area (Å²) < 4.78 is 18.5. The number of nitrogens with zero attached hydrogens (tertiary/aromatic N) is 3. The van der Waals surface area contributed by atoms with Gasteiger partial charge in [-0.3, -0.25) is 4.90 Å². The highest BCUT2D eigenvalue weighted by Crippen LogP contribution is 2.33. The van der Waals surface area contributed by atoms with Gasteiger partial charge in [-0.2, -0.15) is 0 Å². The molecule has 23 heavy (non-hydrogen) atoms. The Hall–Kier alpha value is -1.85. The SMILES string of the molecule is COCCc1ncc(CN2CCC[C@@H]2c2cccc(F)c2)cn1. The topological polar surface area (TPSA) is 38.2 Å². The van der Waals surface area contributed by atoms with E-state index < -0.39 is 0 Å². The average molecular weight is 315 g/mol. The molecule has 0 amide bonds. The number of ether oxygens (including phenoxy) is 1. The summed E-state index contributed by atoms with van der Waals surface area (Å²) in [5, 5.41) is 0. The van der Waals surface area contributed by atoms with Crippen LogP contribution in [0.3, 0.4) is 0 Å². The summed E-state index contributed by atoms with van der Waals surface area (Å²) in [7, 11) is 1.67.